The first-order valence-electron chi connectivity index (χ1n) is 7.50. The van der Waals surface area contributed by atoms with E-state index in [2.05, 4.69) is 0 Å². The summed E-state index contributed by atoms with van der Waals surface area (Å²) in [5.74, 6) is 0.110. The molecule has 0 N–H and O–H groups in total. The van der Waals surface area contributed by atoms with Crippen molar-refractivity contribution in [3.05, 3.63) is 68.5 Å². The van der Waals surface area contributed by atoms with Crippen molar-refractivity contribution in [2.24, 2.45) is 0 Å². The minimum Gasteiger partial charge on any atom is -0.497 e. The molecule has 0 fully saturated rings. The monoisotopic (exact) mass is 358 g/mol. The van der Waals surface area contributed by atoms with Crippen LogP contribution in [0.1, 0.15) is 21.5 Å². The van der Waals surface area contributed by atoms with Gasteiger partial charge in [0.1, 0.15) is 22.6 Å². The highest BCUT2D eigenvalue weighted by Crippen LogP contribution is 2.26. The van der Waals surface area contributed by atoms with Crippen molar-refractivity contribution in [3.8, 4) is 11.5 Å². The number of esters is 1. The molecule has 0 amide bonds. The Bertz CT molecular complexity index is 1010. The van der Waals surface area contributed by atoms with Crippen LogP contribution in [0.3, 0.4) is 0 Å². The van der Waals surface area contributed by atoms with E-state index in [-0.39, 0.29) is 5.56 Å². The van der Waals surface area contributed by atoms with E-state index in [4.69, 9.17) is 25.5 Å². The van der Waals surface area contributed by atoms with Gasteiger partial charge in [-0.05, 0) is 61.4 Å². The van der Waals surface area contributed by atoms with Gasteiger partial charge in [-0.1, -0.05) is 11.6 Å². The zero-order chi connectivity index (χ0) is 18.1. The van der Waals surface area contributed by atoms with Gasteiger partial charge in [0.2, 0.25) is 0 Å². The van der Waals surface area contributed by atoms with E-state index in [1.807, 2.05) is 13.8 Å². The average molecular weight is 359 g/mol. The lowest BCUT2D eigenvalue weighted by molar-refractivity contribution is 0.0730. The number of rotatable bonds is 3. The van der Waals surface area contributed by atoms with Gasteiger partial charge in [-0.15, -0.1) is 0 Å². The van der Waals surface area contributed by atoms with Crippen molar-refractivity contribution in [1.29, 1.82) is 0 Å². The number of hydrogen-bond donors (Lipinski definition) is 0. The second-order valence-electron chi connectivity index (χ2n) is 5.61. The first-order chi connectivity index (χ1) is 11.9. The molecule has 0 spiro atoms. The van der Waals surface area contributed by atoms with Crippen LogP contribution in [-0.4, -0.2) is 13.1 Å². The van der Waals surface area contributed by atoms with Gasteiger partial charge in [0.25, 0.3) is 0 Å². The van der Waals surface area contributed by atoms with Crippen LogP contribution in [0.5, 0.6) is 11.5 Å². The molecule has 2 aromatic carbocycles. The molecule has 3 rings (SSSR count). The minimum atomic E-state index is -0.792. The highest BCUT2D eigenvalue weighted by Gasteiger charge is 2.17. The maximum atomic E-state index is 12.4. The molecule has 3 aromatic rings. The fraction of sp³-hybridized carbons (Fsp3) is 0.158. The summed E-state index contributed by atoms with van der Waals surface area (Å²) < 4.78 is 15.6. The highest BCUT2D eigenvalue weighted by atomic mass is 35.5. The topological polar surface area (TPSA) is 65.7 Å². The van der Waals surface area contributed by atoms with Crippen LogP contribution < -0.4 is 15.1 Å². The molecule has 128 valence electrons. The molecule has 0 saturated carbocycles. The van der Waals surface area contributed by atoms with Gasteiger partial charge in [-0.3, -0.25) is 0 Å². The minimum absolute atomic E-state index is 0.189. The van der Waals surface area contributed by atoms with E-state index >= 15 is 0 Å². The maximum Gasteiger partial charge on any atom is 0.351 e. The van der Waals surface area contributed by atoms with Crippen molar-refractivity contribution in [1.82, 2.24) is 0 Å². The van der Waals surface area contributed by atoms with Crippen LogP contribution in [-0.2, 0) is 0 Å². The van der Waals surface area contributed by atoms with Crippen molar-refractivity contribution >= 4 is 28.5 Å². The van der Waals surface area contributed by atoms with E-state index in [1.165, 1.54) is 13.2 Å². The number of methoxy groups -OCH3 is 1. The summed E-state index contributed by atoms with van der Waals surface area (Å²) in [6.45, 7) is 3.62. The lowest BCUT2D eigenvalue weighted by Crippen LogP contribution is -2.18. The third-order valence-electron chi connectivity index (χ3n) is 3.78. The van der Waals surface area contributed by atoms with E-state index < -0.39 is 11.6 Å². The fourth-order valence-electron chi connectivity index (χ4n) is 2.50. The lowest BCUT2D eigenvalue weighted by Gasteiger charge is -2.08. The Morgan fingerprint density at radius 1 is 1.04 bits per heavy atom. The average Bonchev–Trinajstić information content (AvgIpc) is 2.58. The standard InChI is InChI=1S/C19H15ClO5/c1-10-6-14(7-11(2)17(10)20)24-18(21)15-9-12-8-13(23-3)4-5-16(12)25-19(15)22/h4-9H,1-3H3. The van der Waals surface area contributed by atoms with Gasteiger partial charge < -0.3 is 13.9 Å². The molecule has 0 unspecified atom stereocenters. The van der Waals surface area contributed by atoms with Gasteiger partial charge in [-0.25, -0.2) is 9.59 Å². The van der Waals surface area contributed by atoms with E-state index in [0.29, 0.717) is 27.5 Å². The summed E-state index contributed by atoms with van der Waals surface area (Å²) in [6, 6.07) is 9.66. The van der Waals surface area contributed by atoms with Gasteiger partial charge >= 0.3 is 11.6 Å². The summed E-state index contributed by atoms with van der Waals surface area (Å²) >= 11 is 6.10. The number of ether oxygens (including phenoxy) is 2. The van der Waals surface area contributed by atoms with Crippen LogP contribution in [0.2, 0.25) is 5.02 Å². The summed E-state index contributed by atoms with van der Waals surface area (Å²) in [7, 11) is 1.53. The number of benzene rings is 2. The Morgan fingerprint density at radius 2 is 1.72 bits per heavy atom. The Hall–Kier alpha value is -2.79. The Labute approximate surface area is 148 Å². The number of fused-ring (bicyclic) bond motifs is 1. The SMILES string of the molecule is COc1ccc2oc(=O)c(C(=O)Oc3cc(C)c(Cl)c(C)c3)cc2c1. The number of carbonyl (C=O) groups excluding carboxylic acids is 1. The summed E-state index contributed by atoms with van der Waals surface area (Å²) in [5, 5.41) is 1.17. The van der Waals surface area contributed by atoms with E-state index in [0.717, 1.165) is 11.1 Å². The molecule has 1 heterocycles. The van der Waals surface area contributed by atoms with Crippen LogP contribution in [0, 0.1) is 13.8 Å². The molecule has 1 aromatic heterocycles. The first-order valence-corrected chi connectivity index (χ1v) is 7.87. The highest BCUT2D eigenvalue weighted by molar-refractivity contribution is 6.32. The van der Waals surface area contributed by atoms with E-state index in [1.54, 1.807) is 30.3 Å². The van der Waals surface area contributed by atoms with Crippen LogP contribution >= 0.6 is 11.6 Å². The lowest BCUT2D eigenvalue weighted by atomic mass is 10.1. The molecular formula is C19H15ClO5. The predicted octanol–water partition coefficient (Wildman–Crippen LogP) is 4.29. The normalized spacial score (nSPS) is 10.7. The summed E-state index contributed by atoms with van der Waals surface area (Å²) in [5.41, 5.74) is 0.969. The fourth-order valence-corrected chi connectivity index (χ4v) is 2.61. The number of hydrogen-bond acceptors (Lipinski definition) is 5. The molecule has 5 nitrogen and oxygen atoms in total. The molecule has 0 atom stereocenters. The second-order valence-corrected chi connectivity index (χ2v) is 5.99. The Kier molecular flexibility index (Phi) is 4.51. The molecular weight excluding hydrogens is 344 g/mol. The molecule has 0 saturated heterocycles. The zero-order valence-electron chi connectivity index (χ0n) is 13.9. The molecule has 0 radical (unpaired) electrons. The predicted molar refractivity (Wildman–Crippen MR) is 94.9 cm³/mol. The van der Waals surface area contributed by atoms with Crippen LogP contribution in [0.4, 0.5) is 0 Å². The van der Waals surface area contributed by atoms with Gasteiger partial charge in [0, 0.05) is 10.4 Å². The molecule has 25 heavy (non-hydrogen) atoms. The molecule has 0 bridgehead atoms. The maximum absolute atomic E-state index is 12.4. The summed E-state index contributed by atoms with van der Waals surface area (Å²) in [6.07, 6.45) is 0. The Morgan fingerprint density at radius 3 is 2.36 bits per heavy atom. The zero-order valence-corrected chi connectivity index (χ0v) is 14.6. The Balaban J connectivity index is 1.99. The van der Waals surface area contributed by atoms with Gasteiger partial charge in [0.05, 0.1) is 7.11 Å². The molecule has 0 aliphatic rings. The smallest absolute Gasteiger partial charge is 0.351 e. The third-order valence-corrected chi connectivity index (χ3v) is 4.38. The van der Waals surface area contributed by atoms with Crippen LogP contribution in [0.25, 0.3) is 11.0 Å². The number of aryl methyl sites for hydroxylation is 2. The summed E-state index contributed by atoms with van der Waals surface area (Å²) in [4.78, 5) is 24.5. The number of halogens is 1. The quantitative estimate of drug-likeness (QED) is 0.397. The first kappa shape index (κ1) is 17.0. The van der Waals surface area contributed by atoms with Gasteiger partial charge in [-0.2, -0.15) is 0 Å². The van der Waals surface area contributed by atoms with Crippen molar-refractivity contribution < 1.29 is 18.7 Å². The molecule has 6 heteroatoms. The van der Waals surface area contributed by atoms with Crippen molar-refractivity contribution in [3.63, 3.8) is 0 Å². The van der Waals surface area contributed by atoms with Crippen LogP contribution in [0.15, 0.2) is 45.6 Å². The second kappa shape index (κ2) is 6.61. The van der Waals surface area contributed by atoms with Gasteiger partial charge in [0.15, 0.2) is 0 Å². The van der Waals surface area contributed by atoms with E-state index in [9.17, 15) is 9.59 Å². The van der Waals surface area contributed by atoms with Crippen molar-refractivity contribution in [2.45, 2.75) is 13.8 Å². The molecule has 0 aliphatic carbocycles. The molecule has 0 aliphatic heterocycles. The van der Waals surface area contributed by atoms with Crippen molar-refractivity contribution in [2.75, 3.05) is 7.11 Å². The number of carbonyl (C=O) groups is 1. The largest absolute Gasteiger partial charge is 0.497 e. The third kappa shape index (κ3) is 3.37.